The second-order valence-electron chi connectivity index (χ2n) is 13.4. The summed E-state index contributed by atoms with van der Waals surface area (Å²) in [4.78, 5) is 0. The molecular formula is C41H68O3S. The van der Waals surface area contributed by atoms with Crippen LogP contribution in [-0.4, -0.2) is 21.3 Å². The van der Waals surface area contributed by atoms with Crippen molar-refractivity contribution in [2.45, 2.75) is 152 Å². The summed E-state index contributed by atoms with van der Waals surface area (Å²) in [5.74, 6) is 0. The lowest BCUT2D eigenvalue weighted by Crippen LogP contribution is -2.02. The van der Waals surface area contributed by atoms with Gasteiger partial charge in [-0.2, -0.15) is 8.42 Å². The van der Waals surface area contributed by atoms with Crippen molar-refractivity contribution in [1.29, 1.82) is 0 Å². The highest BCUT2D eigenvalue weighted by Gasteiger charge is 1.99. The molecule has 0 atom stereocenters. The molecule has 0 aromatic carbocycles. The van der Waals surface area contributed by atoms with Crippen LogP contribution in [0.5, 0.6) is 0 Å². The summed E-state index contributed by atoms with van der Waals surface area (Å²) in [5.41, 5.74) is 11.5. The first-order valence-electron chi connectivity index (χ1n) is 17.2. The molecule has 0 spiro atoms. The van der Waals surface area contributed by atoms with Gasteiger partial charge in [0.1, 0.15) is 0 Å². The van der Waals surface area contributed by atoms with E-state index in [2.05, 4.69) is 97.9 Å². The third-order valence-corrected chi connectivity index (χ3v) is 8.56. The first-order valence-corrected chi connectivity index (χ1v) is 19.1. The zero-order valence-corrected chi connectivity index (χ0v) is 31.7. The van der Waals surface area contributed by atoms with Gasteiger partial charge in [-0.05, 0) is 152 Å². The van der Waals surface area contributed by atoms with Crippen LogP contribution >= 0.6 is 0 Å². The molecule has 0 fully saturated rings. The maximum atomic E-state index is 11.0. The summed E-state index contributed by atoms with van der Waals surface area (Å²) in [5, 5.41) is 0. The van der Waals surface area contributed by atoms with Crippen molar-refractivity contribution in [3.8, 4) is 0 Å². The molecule has 0 rings (SSSR count). The fraction of sp³-hybridized carbons (Fsp3) is 0.610. The summed E-state index contributed by atoms with van der Waals surface area (Å²) in [6.07, 6.45) is 35.2. The summed E-state index contributed by atoms with van der Waals surface area (Å²) >= 11 is 0. The molecule has 0 radical (unpaired) electrons. The molecule has 0 amide bonds. The van der Waals surface area contributed by atoms with Crippen LogP contribution in [0, 0.1) is 0 Å². The van der Waals surface area contributed by atoms with Gasteiger partial charge in [0.05, 0.1) is 12.9 Å². The minimum atomic E-state index is -3.37. The van der Waals surface area contributed by atoms with Crippen molar-refractivity contribution in [3.05, 3.63) is 93.2 Å². The van der Waals surface area contributed by atoms with E-state index in [1.165, 1.54) is 51.9 Å². The summed E-state index contributed by atoms with van der Waals surface area (Å²) < 4.78 is 26.8. The number of allylic oxidation sites excluding steroid dienone is 15. The predicted octanol–water partition coefficient (Wildman–Crippen LogP) is 13.0. The Kier molecular flexibility index (Phi) is 24.7. The molecule has 0 aromatic rings. The van der Waals surface area contributed by atoms with E-state index in [1.54, 1.807) is 0 Å². The number of rotatable bonds is 24. The SMILES string of the molecule is CC(C)=CCCC(C)=CCCC(C)=CCCC(C)=CCCC(C)=CCCC(C)=CCCC(C)=CCC/C(C)=C/COS(C)(=O)=O. The molecule has 0 aliphatic heterocycles. The molecule has 0 saturated carbocycles. The van der Waals surface area contributed by atoms with E-state index < -0.39 is 10.1 Å². The Morgan fingerprint density at radius 3 is 0.844 bits per heavy atom. The van der Waals surface area contributed by atoms with Gasteiger partial charge in [0.25, 0.3) is 10.1 Å². The van der Waals surface area contributed by atoms with Crippen molar-refractivity contribution in [1.82, 2.24) is 0 Å². The molecule has 0 aromatic heterocycles. The van der Waals surface area contributed by atoms with E-state index in [0.717, 1.165) is 88.9 Å². The maximum absolute atomic E-state index is 11.0. The molecular weight excluding hydrogens is 573 g/mol. The highest BCUT2D eigenvalue weighted by Crippen LogP contribution is 2.17. The van der Waals surface area contributed by atoms with Gasteiger partial charge in [-0.3, -0.25) is 4.18 Å². The topological polar surface area (TPSA) is 43.4 Å². The standard InChI is InChI=1S/C41H68O3S/c1-34(2)18-11-19-35(3)20-12-21-36(4)22-13-23-37(5)24-14-25-38(6)26-15-27-39(7)28-16-29-40(8)30-17-31-41(9)32-33-44-45(10,42)43/h18,20,22,24,26,28,30,32H,11-17,19,21,23,25,27,29,31,33H2,1-10H3/b35-20?,36-22?,37-24?,38-26?,39-28?,40-30?,41-32+. The fourth-order valence-corrected chi connectivity index (χ4v) is 5.20. The van der Waals surface area contributed by atoms with Crippen LogP contribution < -0.4 is 0 Å². The number of hydrogen-bond acceptors (Lipinski definition) is 3. The largest absolute Gasteiger partial charge is 0.266 e. The second-order valence-corrected chi connectivity index (χ2v) is 15.0. The third-order valence-electron chi connectivity index (χ3n) is 7.99. The molecule has 0 heterocycles. The molecule has 256 valence electrons. The molecule has 3 nitrogen and oxygen atoms in total. The lowest BCUT2D eigenvalue weighted by molar-refractivity contribution is 0.360. The number of hydrogen-bond donors (Lipinski definition) is 0. The van der Waals surface area contributed by atoms with Crippen LogP contribution in [0.15, 0.2) is 93.2 Å². The Balaban J connectivity index is 4.22. The summed E-state index contributed by atoms with van der Waals surface area (Å²) in [6, 6.07) is 0. The average molecular weight is 641 g/mol. The quantitative estimate of drug-likeness (QED) is 0.0779. The Labute approximate surface area is 280 Å². The van der Waals surface area contributed by atoms with Gasteiger partial charge in [0.15, 0.2) is 0 Å². The van der Waals surface area contributed by atoms with Crippen molar-refractivity contribution in [2.24, 2.45) is 0 Å². The molecule has 0 aliphatic carbocycles. The van der Waals surface area contributed by atoms with Crippen molar-refractivity contribution >= 4 is 10.1 Å². The third kappa shape index (κ3) is 30.3. The van der Waals surface area contributed by atoms with Crippen LogP contribution in [0.4, 0.5) is 0 Å². The highest BCUT2D eigenvalue weighted by atomic mass is 32.2. The molecule has 0 aliphatic rings. The van der Waals surface area contributed by atoms with E-state index in [4.69, 9.17) is 4.18 Å². The molecule has 0 saturated heterocycles. The van der Waals surface area contributed by atoms with E-state index in [9.17, 15) is 8.42 Å². The highest BCUT2D eigenvalue weighted by molar-refractivity contribution is 7.85. The van der Waals surface area contributed by atoms with Crippen molar-refractivity contribution in [2.75, 3.05) is 12.9 Å². The summed E-state index contributed by atoms with van der Waals surface area (Å²) in [6.45, 7) is 20.0. The lowest BCUT2D eigenvalue weighted by atomic mass is 10.0. The van der Waals surface area contributed by atoms with Crippen LogP contribution in [-0.2, 0) is 14.3 Å². The van der Waals surface area contributed by atoms with Crippen LogP contribution in [0.2, 0.25) is 0 Å². The van der Waals surface area contributed by atoms with Gasteiger partial charge in [0, 0.05) is 0 Å². The van der Waals surface area contributed by atoms with Gasteiger partial charge in [-0.15, -0.1) is 0 Å². The van der Waals surface area contributed by atoms with Crippen molar-refractivity contribution in [3.63, 3.8) is 0 Å². The van der Waals surface area contributed by atoms with Crippen LogP contribution in [0.1, 0.15) is 152 Å². The predicted molar refractivity (Wildman–Crippen MR) is 201 cm³/mol. The Bertz CT molecular complexity index is 1190. The van der Waals surface area contributed by atoms with E-state index >= 15 is 0 Å². The fourth-order valence-electron chi connectivity index (χ4n) is 4.88. The van der Waals surface area contributed by atoms with Gasteiger partial charge >= 0.3 is 0 Å². The van der Waals surface area contributed by atoms with Gasteiger partial charge in [-0.1, -0.05) is 93.2 Å². The molecule has 0 unspecified atom stereocenters. The smallest absolute Gasteiger partial charge is 0.264 e. The average Bonchev–Trinajstić information content (AvgIpc) is 2.92. The molecule has 0 N–H and O–H groups in total. The van der Waals surface area contributed by atoms with Crippen molar-refractivity contribution < 1.29 is 12.6 Å². The monoisotopic (exact) mass is 640 g/mol. The van der Waals surface area contributed by atoms with Crippen LogP contribution in [0.3, 0.4) is 0 Å². The Hall–Kier alpha value is -2.17. The van der Waals surface area contributed by atoms with E-state index in [1.807, 2.05) is 13.0 Å². The first kappa shape index (κ1) is 42.8. The summed E-state index contributed by atoms with van der Waals surface area (Å²) in [7, 11) is -3.37. The second kappa shape index (κ2) is 26.0. The first-order chi connectivity index (χ1) is 21.2. The lowest BCUT2D eigenvalue weighted by Gasteiger charge is -2.04. The molecule has 0 bridgehead atoms. The van der Waals surface area contributed by atoms with Gasteiger partial charge in [0.2, 0.25) is 0 Å². The van der Waals surface area contributed by atoms with E-state index in [0.29, 0.717) is 0 Å². The Morgan fingerprint density at radius 1 is 0.400 bits per heavy atom. The zero-order valence-electron chi connectivity index (χ0n) is 30.9. The van der Waals surface area contributed by atoms with Gasteiger partial charge in [-0.25, -0.2) is 0 Å². The Morgan fingerprint density at radius 2 is 0.622 bits per heavy atom. The maximum Gasteiger partial charge on any atom is 0.264 e. The minimum Gasteiger partial charge on any atom is -0.266 e. The van der Waals surface area contributed by atoms with Gasteiger partial charge < -0.3 is 0 Å². The van der Waals surface area contributed by atoms with Crippen LogP contribution in [0.25, 0.3) is 0 Å². The zero-order chi connectivity index (χ0) is 34.1. The molecule has 45 heavy (non-hydrogen) atoms. The normalized spacial score (nSPS) is 14.8. The van der Waals surface area contributed by atoms with E-state index in [-0.39, 0.29) is 6.61 Å². The minimum absolute atomic E-state index is 0.122. The molecule has 4 heteroatoms.